The Morgan fingerprint density at radius 3 is 2.30 bits per heavy atom. The van der Waals surface area contributed by atoms with Gasteiger partial charge in [-0.2, -0.15) is 0 Å². The summed E-state index contributed by atoms with van der Waals surface area (Å²) < 4.78 is 4.56. The molecule has 4 aromatic rings. The largest absolute Gasteiger partial charge is 0.392 e. The van der Waals surface area contributed by atoms with Gasteiger partial charge in [0.05, 0.1) is 25.5 Å². The molecular formula is C23H22N2O2. The molecule has 0 spiro atoms. The zero-order valence-electron chi connectivity index (χ0n) is 15.3. The van der Waals surface area contributed by atoms with Crippen LogP contribution in [0, 0.1) is 0 Å². The number of aliphatic hydroxyl groups is 2. The fourth-order valence-corrected chi connectivity index (χ4v) is 4.68. The van der Waals surface area contributed by atoms with Gasteiger partial charge in [-0.25, -0.2) is 0 Å². The minimum absolute atomic E-state index is 0.0574. The molecule has 5 rings (SSSR count). The fourth-order valence-electron chi connectivity index (χ4n) is 4.68. The van der Waals surface area contributed by atoms with Gasteiger partial charge in [-0.1, -0.05) is 48.5 Å². The van der Waals surface area contributed by atoms with E-state index in [1.807, 2.05) is 18.2 Å². The van der Waals surface area contributed by atoms with Gasteiger partial charge >= 0.3 is 0 Å². The molecule has 0 amide bonds. The lowest BCUT2D eigenvalue weighted by atomic mass is 9.99. The molecule has 1 aliphatic heterocycles. The van der Waals surface area contributed by atoms with Crippen molar-refractivity contribution in [1.29, 1.82) is 0 Å². The SMILES string of the molecule is Cn1c2c(c3ccccc31)Cc1c(CO)c(CO)c(-c3ccccc3)n1C2. The quantitative estimate of drug-likeness (QED) is 0.518. The Kier molecular flexibility index (Phi) is 3.71. The maximum Gasteiger partial charge on any atom is 0.0706 e. The van der Waals surface area contributed by atoms with E-state index in [2.05, 4.69) is 52.6 Å². The van der Waals surface area contributed by atoms with Crippen molar-refractivity contribution in [3.05, 3.63) is 82.7 Å². The molecular weight excluding hydrogens is 336 g/mol. The van der Waals surface area contributed by atoms with Crippen molar-refractivity contribution < 1.29 is 10.2 Å². The van der Waals surface area contributed by atoms with Crippen LogP contribution in [-0.2, 0) is 33.2 Å². The van der Waals surface area contributed by atoms with E-state index in [-0.39, 0.29) is 13.2 Å². The molecule has 0 fully saturated rings. The number of nitrogens with zero attached hydrogens (tertiary/aromatic N) is 2. The molecule has 0 bridgehead atoms. The normalized spacial score (nSPS) is 13.0. The molecule has 4 heteroatoms. The van der Waals surface area contributed by atoms with Crippen molar-refractivity contribution in [2.75, 3.05) is 0 Å². The first-order valence-electron chi connectivity index (χ1n) is 9.30. The van der Waals surface area contributed by atoms with Gasteiger partial charge in [-0.05, 0) is 17.2 Å². The standard InChI is InChI=1S/C23H22N2O2/c1-24-20-10-6-5-9-16(20)17-11-21-18(13-26)19(14-27)23(25(21)12-22(17)24)15-7-3-2-4-8-15/h2-10,26-27H,11-14H2,1H3. The highest BCUT2D eigenvalue weighted by Crippen LogP contribution is 2.39. The summed E-state index contributed by atoms with van der Waals surface area (Å²) in [5.41, 5.74) is 8.79. The van der Waals surface area contributed by atoms with Crippen LogP contribution in [0.2, 0.25) is 0 Å². The maximum atomic E-state index is 10.1. The van der Waals surface area contributed by atoms with E-state index in [0.717, 1.165) is 41.0 Å². The molecule has 136 valence electrons. The minimum atomic E-state index is -0.0722. The van der Waals surface area contributed by atoms with E-state index in [1.54, 1.807) is 0 Å². The highest BCUT2D eigenvalue weighted by molar-refractivity contribution is 5.86. The molecule has 0 saturated heterocycles. The average molecular weight is 358 g/mol. The van der Waals surface area contributed by atoms with Crippen LogP contribution in [0.3, 0.4) is 0 Å². The van der Waals surface area contributed by atoms with Gasteiger partial charge in [-0.3, -0.25) is 0 Å². The van der Waals surface area contributed by atoms with Crippen molar-refractivity contribution in [3.8, 4) is 11.3 Å². The predicted octanol–water partition coefficient (Wildman–Crippen LogP) is 3.58. The highest BCUT2D eigenvalue weighted by atomic mass is 16.3. The Hall–Kier alpha value is -2.82. The van der Waals surface area contributed by atoms with Gasteiger partial charge in [0.1, 0.15) is 0 Å². The van der Waals surface area contributed by atoms with Crippen LogP contribution in [0.5, 0.6) is 0 Å². The lowest BCUT2D eigenvalue weighted by molar-refractivity contribution is 0.260. The van der Waals surface area contributed by atoms with E-state index < -0.39 is 0 Å². The van der Waals surface area contributed by atoms with E-state index in [0.29, 0.717) is 0 Å². The minimum Gasteiger partial charge on any atom is -0.392 e. The van der Waals surface area contributed by atoms with E-state index in [4.69, 9.17) is 0 Å². The van der Waals surface area contributed by atoms with E-state index in [9.17, 15) is 10.2 Å². The predicted molar refractivity (Wildman–Crippen MR) is 107 cm³/mol. The zero-order chi connectivity index (χ0) is 18.5. The number of hydrogen-bond donors (Lipinski definition) is 2. The van der Waals surface area contributed by atoms with Crippen molar-refractivity contribution in [1.82, 2.24) is 9.13 Å². The summed E-state index contributed by atoms with van der Waals surface area (Å²) in [5.74, 6) is 0. The second-order valence-corrected chi connectivity index (χ2v) is 7.20. The summed E-state index contributed by atoms with van der Waals surface area (Å²) in [6, 6.07) is 18.7. The Balaban J connectivity index is 1.79. The summed E-state index contributed by atoms with van der Waals surface area (Å²) in [5, 5.41) is 21.5. The summed E-state index contributed by atoms with van der Waals surface area (Å²) in [4.78, 5) is 0. The van der Waals surface area contributed by atoms with Gasteiger partial charge < -0.3 is 19.3 Å². The number of aliphatic hydroxyl groups excluding tert-OH is 2. The van der Waals surface area contributed by atoms with Crippen molar-refractivity contribution in [2.24, 2.45) is 7.05 Å². The van der Waals surface area contributed by atoms with Crippen LogP contribution in [-0.4, -0.2) is 19.3 Å². The van der Waals surface area contributed by atoms with Gasteiger partial charge in [0.25, 0.3) is 0 Å². The second-order valence-electron chi connectivity index (χ2n) is 7.20. The number of aryl methyl sites for hydroxylation is 1. The van der Waals surface area contributed by atoms with Crippen LogP contribution >= 0.6 is 0 Å². The summed E-state index contributed by atoms with van der Waals surface area (Å²) in [6.07, 6.45) is 0.770. The third kappa shape index (κ3) is 2.24. The van der Waals surface area contributed by atoms with Crippen LogP contribution in [0.15, 0.2) is 54.6 Å². The lowest BCUT2D eigenvalue weighted by Crippen LogP contribution is -2.17. The van der Waals surface area contributed by atoms with Crippen LogP contribution in [0.4, 0.5) is 0 Å². The van der Waals surface area contributed by atoms with Crippen molar-refractivity contribution >= 4 is 10.9 Å². The summed E-state index contributed by atoms with van der Waals surface area (Å²) >= 11 is 0. The molecule has 2 N–H and O–H groups in total. The number of rotatable bonds is 3. The van der Waals surface area contributed by atoms with Crippen molar-refractivity contribution in [2.45, 2.75) is 26.2 Å². The molecule has 0 unspecified atom stereocenters. The van der Waals surface area contributed by atoms with Gasteiger partial charge in [-0.15, -0.1) is 0 Å². The first-order valence-corrected chi connectivity index (χ1v) is 9.30. The number of hydrogen-bond acceptors (Lipinski definition) is 2. The first kappa shape index (κ1) is 16.4. The third-order valence-corrected chi connectivity index (χ3v) is 5.95. The summed E-state index contributed by atoms with van der Waals surface area (Å²) in [6.45, 7) is 0.614. The third-order valence-electron chi connectivity index (χ3n) is 5.95. The van der Waals surface area contributed by atoms with E-state index >= 15 is 0 Å². The molecule has 4 nitrogen and oxygen atoms in total. The molecule has 0 aliphatic carbocycles. The smallest absolute Gasteiger partial charge is 0.0706 e. The molecule has 0 atom stereocenters. The number of fused-ring (bicyclic) bond motifs is 4. The number of para-hydroxylation sites is 1. The molecule has 0 saturated carbocycles. The van der Waals surface area contributed by atoms with Gasteiger partial charge in [0.2, 0.25) is 0 Å². The van der Waals surface area contributed by atoms with E-state index in [1.165, 1.54) is 22.2 Å². The Morgan fingerprint density at radius 2 is 1.56 bits per heavy atom. The topological polar surface area (TPSA) is 50.3 Å². The number of benzene rings is 2. The highest BCUT2D eigenvalue weighted by Gasteiger charge is 2.29. The van der Waals surface area contributed by atoms with Gasteiger partial charge in [0, 0.05) is 46.9 Å². The first-order chi connectivity index (χ1) is 13.2. The average Bonchev–Trinajstić information content (AvgIpc) is 3.19. The molecule has 27 heavy (non-hydrogen) atoms. The number of aromatic nitrogens is 2. The van der Waals surface area contributed by atoms with Crippen LogP contribution in [0.1, 0.15) is 28.1 Å². The molecule has 3 heterocycles. The lowest BCUT2D eigenvalue weighted by Gasteiger charge is -2.21. The Morgan fingerprint density at radius 1 is 0.852 bits per heavy atom. The fraction of sp³-hybridized carbons (Fsp3) is 0.217. The monoisotopic (exact) mass is 358 g/mol. The van der Waals surface area contributed by atoms with Crippen LogP contribution in [0.25, 0.3) is 22.2 Å². The molecule has 0 radical (unpaired) electrons. The van der Waals surface area contributed by atoms with Gasteiger partial charge in [0.15, 0.2) is 0 Å². The second kappa shape index (κ2) is 6.12. The zero-order valence-corrected chi connectivity index (χ0v) is 15.3. The Bertz CT molecular complexity index is 1150. The Labute approximate surface area is 157 Å². The molecule has 2 aromatic heterocycles. The van der Waals surface area contributed by atoms with Crippen molar-refractivity contribution in [3.63, 3.8) is 0 Å². The molecule has 1 aliphatic rings. The van der Waals surface area contributed by atoms with Crippen LogP contribution < -0.4 is 0 Å². The molecule has 2 aromatic carbocycles. The summed E-state index contributed by atoms with van der Waals surface area (Å²) in [7, 11) is 2.12. The maximum absolute atomic E-state index is 10.1.